The molecule has 0 aliphatic carbocycles. The zero-order valence-corrected chi connectivity index (χ0v) is 21.5. The highest BCUT2D eigenvalue weighted by molar-refractivity contribution is 7.15. The van der Waals surface area contributed by atoms with E-state index >= 15 is 0 Å². The van der Waals surface area contributed by atoms with E-state index in [1.807, 2.05) is 85.9 Å². The minimum absolute atomic E-state index is 0.225. The molecule has 0 aliphatic rings. The molecule has 37 heavy (non-hydrogen) atoms. The number of hydrogen-bond donors (Lipinski definition) is 0. The van der Waals surface area contributed by atoms with Gasteiger partial charge in [0.2, 0.25) is 4.96 Å². The van der Waals surface area contributed by atoms with Crippen molar-refractivity contribution in [1.29, 1.82) is 0 Å². The Balaban J connectivity index is 1.48. The van der Waals surface area contributed by atoms with Crippen molar-refractivity contribution in [2.75, 3.05) is 7.11 Å². The molecule has 9 heteroatoms. The van der Waals surface area contributed by atoms with Crippen LogP contribution in [0.3, 0.4) is 0 Å². The van der Waals surface area contributed by atoms with Gasteiger partial charge in [-0.05, 0) is 43.3 Å². The number of para-hydroxylation sites is 1. The first-order valence-electron chi connectivity index (χ1n) is 11.5. The largest absolute Gasteiger partial charge is 0.495 e. The molecule has 6 rings (SSSR count). The van der Waals surface area contributed by atoms with Crippen molar-refractivity contribution < 1.29 is 4.74 Å². The molecule has 0 saturated carbocycles. The molecule has 7 nitrogen and oxygen atoms in total. The second-order valence-corrected chi connectivity index (χ2v) is 9.89. The summed E-state index contributed by atoms with van der Waals surface area (Å²) < 4.78 is 8.96. The summed E-state index contributed by atoms with van der Waals surface area (Å²) in [6.07, 6.45) is 3.73. The maximum absolute atomic E-state index is 13.3. The third-order valence-electron chi connectivity index (χ3n) is 5.97. The fourth-order valence-electron chi connectivity index (χ4n) is 4.04. The Morgan fingerprint density at radius 2 is 1.73 bits per heavy atom. The molecule has 0 aliphatic heterocycles. The summed E-state index contributed by atoms with van der Waals surface area (Å²) in [6.45, 7) is 2.02. The van der Waals surface area contributed by atoms with Gasteiger partial charge < -0.3 is 4.74 Å². The van der Waals surface area contributed by atoms with Crippen molar-refractivity contribution in [2.45, 2.75) is 6.92 Å². The summed E-state index contributed by atoms with van der Waals surface area (Å²) >= 11 is 7.71. The summed E-state index contributed by atoms with van der Waals surface area (Å²) in [7, 11) is 1.57. The predicted octanol–water partition coefficient (Wildman–Crippen LogP) is 5.19. The van der Waals surface area contributed by atoms with Crippen molar-refractivity contribution in [3.8, 4) is 34.1 Å². The number of halogens is 1. The molecule has 0 bridgehead atoms. The number of rotatable bonds is 5. The molecule has 0 spiro atoms. The third kappa shape index (κ3) is 4.30. The van der Waals surface area contributed by atoms with Gasteiger partial charge >= 0.3 is 0 Å². The third-order valence-corrected chi connectivity index (χ3v) is 7.22. The Morgan fingerprint density at radius 1 is 0.973 bits per heavy atom. The van der Waals surface area contributed by atoms with Crippen LogP contribution in [-0.4, -0.2) is 31.5 Å². The van der Waals surface area contributed by atoms with Gasteiger partial charge in [0.1, 0.15) is 11.4 Å². The van der Waals surface area contributed by atoms with Crippen molar-refractivity contribution in [2.24, 2.45) is 0 Å². The molecule has 3 aromatic carbocycles. The summed E-state index contributed by atoms with van der Waals surface area (Å²) in [6, 6.07) is 23.2. The lowest BCUT2D eigenvalue weighted by Gasteiger charge is -2.05. The van der Waals surface area contributed by atoms with Crippen LogP contribution in [0.2, 0.25) is 5.02 Å². The Hall–Kier alpha value is -4.27. The van der Waals surface area contributed by atoms with Gasteiger partial charge in [-0.1, -0.05) is 71.0 Å². The number of fused-ring (bicyclic) bond motifs is 1. The van der Waals surface area contributed by atoms with Gasteiger partial charge in [-0.25, -0.2) is 4.68 Å². The average molecular weight is 526 g/mol. The topological polar surface area (TPSA) is 74.3 Å². The molecule has 3 aromatic heterocycles. The summed E-state index contributed by atoms with van der Waals surface area (Å²) in [4.78, 5) is 18.4. The van der Waals surface area contributed by atoms with Crippen LogP contribution in [0.25, 0.3) is 39.4 Å². The molecular weight excluding hydrogens is 506 g/mol. The van der Waals surface area contributed by atoms with Crippen molar-refractivity contribution >= 4 is 34.0 Å². The number of thiazole rings is 1. The Morgan fingerprint density at radius 3 is 2.43 bits per heavy atom. The molecule has 0 atom stereocenters. The minimum atomic E-state index is -0.225. The van der Waals surface area contributed by atoms with Crippen molar-refractivity contribution in [3.05, 3.63) is 110 Å². The van der Waals surface area contributed by atoms with Gasteiger partial charge in [0.25, 0.3) is 5.56 Å². The zero-order valence-electron chi connectivity index (χ0n) is 19.9. The molecule has 0 unspecified atom stereocenters. The van der Waals surface area contributed by atoms with Crippen molar-refractivity contribution in [1.82, 2.24) is 24.4 Å². The van der Waals surface area contributed by atoms with Crippen LogP contribution in [0.4, 0.5) is 0 Å². The van der Waals surface area contributed by atoms with Crippen LogP contribution in [0.1, 0.15) is 11.1 Å². The molecule has 0 N–H and O–H groups in total. The molecule has 6 aromatic rings. The molecule has 0 fully saturated rings. The highest BCUT2D eigenvalue weighted by Crippen LogP contribution is 2.32. The Labute approximate surface area is 220 Å². The monoisotopic (exact) mass is 525 g/mol. The van der Waals surface area contributed by atoms with E-state index in [4.69, 9.17) is 21.4 Å². The second kappa shape index (κ2) is 9.31. The van der Waals surface area contributed by atoms with Gasteiger partial charge in [0, 0.05) is 22.9 Å². The van der Waals surface area contributed by atoms with E-state index in [0.29, 0.717) is 31.8 Å². The lowest BCUT2D eigenvalue weighted by atomic mass is 10.1. The molecule has 0 saturated heterocycles. The number of aromatic nitrogens is 5. The van der Waals surface area contributed by atoms with E-state index in [0.717, 1.165) is 27.9 Å². The van der Waals surface area contributed by atoms with Gasteiger partial charge in [-0.15, -0.1) is 5.10 Å². The first-order chi connectivity index (χ1) is 18.0. The number of aryl methyl sites for hydroxylation is 1. The molecule has 0 radical (unpaired) electrons. The summed E-state index contributed by atoms with van der Waals surface area (Å²) in [5, 5.41) is 9.77. The van der Waals surface area contributed by atoms with E-state index in [1.165, 1.54) is 15.9 Å². The summed E-state index contributed by atoms with van der Waals surface area (Å²) in [5.41, 5.74) is 4.95. The first kappa shape index (κ1) is 23.1. The van der Waals surface area contributed by atoms with Gasteiger partial charge in [-0.2, -0.15) is 14.6 Å². The van der Waals surface area contributed by atoms with Crippen LogP contribution in [0.15, 0.2) is 83.8 Å². The predicted molar refractivity (Wildman–Crippen MR) is 147 cm³/mol. The lowest BCUT2D eigenvalue weighted by molar-refractivity contribution is 0.415. The molecule has 0 amide bonds. The van der Waals surface area contributed by atoms with E-state index in [-0.39, 0.29) is 5.56 Å². The standard InChI is InChI=1S/C28H20ClN5O2S/c1-17-8-10-18(11-9-17)26-30-28-34(32-26)27(35)24(37-28)15-20-16-33(21-6-4-3-5-7-21)31-25(20)19-12-13-23(36-2)22(29)14-19/h3-16H,1-2H3/b24-15-. The van der Waals surface area contributed by atoms with Gasteiger partial charge in [0.05, 0.1) is 22.4 Å². The Kier molecular flexibility index (Phi) is 5.82. The van der Waals surface area contributed by atoms with E-state index in [9.17, 15) is 4.79 Å². The molecular formula is C28H20ClN5O2S. The first-order valence-corrected chi connectivity index (χ1v) is 12.7. The van der Waals surface area contributed by atoms with Crippen LogP contribution >= 0.6 is 22.9 Å². The maximum Gasteiger partial charge on any atom is 0.291 e. The summed E-state index contributed by atoms with van der Waals surface area (Å²) in [5.74, 6) is 1.11. The van der Waals surface area contributed by atoms with Gasteiger partial charge in [-0.3, -0.25) is 4.79 Å². The maximum atomic E-state index is 13.3. The lowest BCUT2D eigenvalue weighted by Crippen LogP contribution is -2.23. The number of methoxy groups -OCH3 is 1. The van der Waals surface area contributed by atoms with E-state index in [1.54, 1.807) is 17.9 Å². The molecule has 3 heterocycles. The average Bonchev–Trinajstić information content (AvgIpc) is 3.60. The smallest absolute Gasteiger partial charge is 0.291 e. The van der Waals surface area contributed by atoms with Crippen LogP contribution < -0.4 is 14.8 Å². The van der Waals surface area contributed by atoms with E-state index < -0.39 is 0 Å². The highest BCUT2D eigenvalue weighted by atomic mass is 35.5. The number of nitrogens with zero attached hydrogens (tertiary/aromatic N) is 5. The number of benzene rings is 3. The van der Waals surface area contributed by atoms with E-state index in [2.05, 4.69) is 10.1 Å². The van der Waals surface area contributed by atoms with Crippen LogP contribution in [0.5, 0.6) is 5.75 Å². The van der Waals surface area contributed by atoms with Gasteiger partial charge in [0.15, 0.2) is 5.82 Å². The molecule has 182 valence electrons. The van der Waals surface area contributed by atoms with Crippen LogP contribution in [0, 0.1) is 6.92 Å². The highest BCUT2D eigenvalue weighted by Gasteiger charge is 2.16. The quantitative estimate of drug-likeness (QED) is 0.310. The zero-order chi connectivity index (χ0) is 25.5. The fraction of sp³-hybridized carbons (Fsp3) is 0.0714. The Bertz CT molecular complexity index is 1860. The number of ether oxygens (including phenoxy) is 1. The van der Waals surface area contributed by atoms with Crippen LogP contribution in [-0.2, 0) is 0 Å². The second-order valence-electron chi connectivity index (χ2n) is 8.47. The normalized spacial score (nSPS) is 11.9. The van der Waals surface area contributed by atoms with Crippen molar-refractivity contribution in [3.63, 3.8) is 0 Å². The minimum Gasteiger partial charge on any atom is -0.495 e. The fourth-order valence-corrected chi connectivity index (χ4v) is 5.20. The number of hydrogen-bond acceptors (Lipinski definition) is 6. The SMILES string of the molecule is COc1ccc(-c2nn(-c3ccccc3)cc2/C=c2\sc3nc(-c4ccc(C)cc4)nn3c2=O)cc1Cl.